The minimum atomic E-state index is -0.279. The summed E-state index contributed by atoms with van der Waals surface area (Å²) in [6.07, 6.45) is 3.99. The van der Waals surface area contributed by atoms with Gasteiger partial charge in [0.05, 0.1) is 0 Å². The molecular weight excluding hydrogens is 307 g/mol. The van der Waals surface area contributed by atoms with Gasteiger partial charge in [0.2, 0.25) is 0 Å². The summed E-state index contributed by atoms with van der Waals surface area (Å²) < 4.78 is 13.5. The number of rotatable bonds is 8. The molecule has 1 amide bonds. The standard InChI is InChI=1S/C18H23FN4O/c1-3-4-11-23(2)17-12-16(21-13-22-17)18(24)20-10-9-14-7-5-6-8-15(14)19/h5-8,12-13H,3-4,9-11H2,1-2H3,(H,20,24). The second kappa shape index (κ2) is 8.96. The van der Waals surface area contributed by atoms with Crippen LogP contribution in [0.25, 0.3) is 0 Å². The number of carbonyl (C=O) groups excluding carboxylic acids is 1. The van der Waals surface area contributed by atoms with Crippen LogP contribution in [0.3, 0.4) is 0 Å². The molecule has 0 saturated heterocycles. The van der Waals surface area contributed by atoms with E-state index in [0.717, 1.165) is 25.2 Å². The van der Waals surface area contributed by atoms with Crippen molar-refractivity contribution in [3.63, 3.8) is 0 Å². The molecule has 1 aromatic heterocycles. The van der Waals surface area contributed by atoms with E-state index in [1.165, 1.54) is 12.4 Å². The summed E-state index contributed by atoms with van der Waals surface area (Å²) in [7, 11) is 1.94. The Hall–Kier alpha value is -2.50. The van der Waals surface area contributed by atoms with Crippen LogP contribution < -0.4 is 10.2 Å². The van der Waals surface area contributed by atoms with Crippen molar-refractivity contribution < 1.29 is 9.18 Å². The SMILES string of the molecule is CCCCN(C)c1cc(C(=O)NCCc2ccccc2F)ncn1. The molecule has 0 fully saturated rings. The lowest BCUT2D eigenvalue weighted by molar-refractivity contribution is 0.0949. The van der Waals surface area contributed by atoms with Gasteiger partial charge < -0.3 is 10.2 Å². The lowest BCUT2D eigenvalue weighted by Crippen LogP contribution is -2.27. The second-order valence-corrected chi connectivity index (χ2v) is 5.63. The molecule has 0 aliphatic rings. The number of carbonyl (C=O) groups is 1. The number of amides is 1. The molecule has 0 spiro atoms. The minimum Gasteiger partial charge on any atom is -0.360 e. The Labute approximate surface area is 141 Å². The quantitative estimate of drug-likeness (QED) is 0.808. The van der Waals surface area contributed by atoms with E-state index in [0.29, 0.717) is 24.2 Å². The first-order valence-corrected chi connectivity index (χ1v) is 8.16. The van der Waals surface area contributed by atoms with Crippen molar-refractivity contribution in [2.45, 2.75) is 26.2 Å². The minimum absolute atomic E-state index is 0.256. The van der Waals surface area contributed by atoms with Gasteiger partial charge in [-0.2, -0.15) is 0 Å². The van der Waals surface area contributed by atoms with Crippen molar-refractivity contribution in [3.8, 4) is 0 Å². The largest absolute Gasteiger partial charge is 0.360 e. The first kappa shape index (κ1) is 17.8. The van der Waals surface area contributed by atoms with Crippen LogP contribution in [0.1, 0.15) is 35.8 Å². The van der Waals surface area contributed by atoms with Gasteiger partial charge in [0.15, 0.2) is 0 Å². The van der Waals surface area contributed by atoms with Gasteiger partial charge in [0.25, 0.3) is 5.91 Å². The van der Waals surface area contributed by atoms with Crippen LogP contribution >= 0.6 is 0 Å². The van der Waals surface area contributed by atoms with E-state index in [-0.39, 0.29) is 11.7 Å². The molecule has 0 unspecified atom stereocenters. The van der Waals surface area contributed by atoms with Crippen LogP contribution in [-0.4, -0.2) is 36.0 Å². The Kier molecular flexibility index (Phi) is 6.66. The summed E-state index contributed by atoms with van der Waals surface area (Å²) in [6.45, 7) is 3.36. The molecule has 1 N–H and O–H groups in total. The molecule has 0 bridgehead atoms. The van der Waals surface area contributed by atoms with Crippen molar-refractivity contribution in [2.75, 3.05) is 25.0 Å². The van der Waals surface area contributed by atoms with Crippen molar-refractivity contribution in [1.29, 1.82) is 0 Å². The molecule has 1 heterocycles. The predicted molar refractivity (Wildman–Crippen MR) is 92.6 cm³/mol. The van der Waals surface area contributed by atoms with Gasteiger partial charge in [0.1, 0.15) is 23.7 Å². The number of aromatic nitrogens is 2. The number of unbranched alkanes of at least 4 members (excludes halogenated alkanes) is 1. The molecule has 5 nitrogen and oxygen atoms in total. The molecule has 0 radical (unpaired) electrons. The molecule has 24 heavy (non-hydrogen) atoms. The van der Waals surface area contributed by atoms with E-state index in [4.69, 9.17) is 0 Å². The highest BCUT2D eigenvalue weighted by Crippen LogP contribution is 2.10. The summed E-state index contributed by atoms with van der Waals surface area (Å²) in [6, 6.07) is 8.24. The van der Waals surface area contributed by atoms with E-state index in [1.54, 1.807) is 24.3 Å². The number of anilines is 1. The first-order chi connectivity index (χ1) is 11.6. The van der Waals surface area contributed by atoms with Crippen molar-refractivity contribution in [2.24, 2.45) is 0 Å². The summed E-state index contributed by atoms with van der Waals surface area (Å²) >= 11 is 0. The summed E-state index contributed by atoms with van der Waals surface area (Å²) in [5, 5.41) is 2.77. The molecule has 128 valence electrons. The Morgan fingerprint density at radius 2 is 2.08 bits per heavy atom. The van der Waals surface area contributed by atoms with Gasteiger partial charge in [-0.3, -0.25) is 4.79 Å². The molecule has 0 saturated carbocycles. The van der Waals surface area contributed by atoms with Crippen LogP contribution in [-0.2, 0) is 6.42 Å². The highest BCUT2D eigenvalue weighted by molar-refractivity contribution is 5.92. The number of hydrogen-bond donors (Lipinski definition) is 1. The zero-order valence-corrected chi connectivity index (χ0v) is 14.1. The molecule has 0 atom stereocenters. The van der Waals surface area contributed by atoms with Gasteiger partial charge in [-0.1, -0.05) is 31.5 Å². The first-order valence-electron chi connectivity index (χ1n) is 8.16. The molecule has 0 aliphatic heterocycles. The van der Waals surface area contributed by atoms with E-state index in [9.17, 15) is 9.18 Å². The van der Waals surface area contributed by atoms with Crippen LogP contribution in [0, 0.1) is 5.82 Å². The third-order valence-corrected chi connectivity index (χ3v) is 3.76. The van der Waals surface area contributed by atoms with Gasteiger partial charge in [0, 0.05) is 26.2 Å². The van der Waals surface area contributed by atoms with Crippen molar-refractivity contribution >= 4 is 11.7 Å². The summed E-state index contributed by atoms with van der Waals surface area (Å²) in [5.74, 6) is 0.185. The van der Waals surface area contributed by atoms with E-state index in [2.05, 4.69) is 22.2 Å². The Balaban J connectivity index is 1.91. The molecule has 0 aliphatic carbocycles. The Morgan fingerprint density at radius 3 is 2.83 bits per heavy atom. The lowest BCUT2D eigenvalue weighted by atomic mass is 10.1. The van der Waals surface area contributed by atoms with Crippen LogP contribution in [0.4, 0.5) is 10.2 Å². The normalized spacial score (nSPS) is 10.5. The molecule has 1 aromatic carbocycles. The van der Waals surface area contributed by atoms with Crippen LogP contribution in [0.5, 0.6) is 0 Å². The smallest absolute Gasteiger partial charge is 0.270 e. The highest BCUT2D eigenvalue weighted by Gasteiger charge is 2.11. The number of halogens is 1. The molecule has 6 heteroatoms. The average molecular weight is 330 g/mol. The van der Waals surface area contributed by atoms with Gasteiger partial charge in [-0.05, 0) is 24.5 Å². The Morgan fingerprint density at radius 1 is 1.29 bits per heavy atom. The van der Waals surface area contributed by atoms with Gasteiger partial charge in [-0.15, -0.1) is 0 Å². The fourth-order valence-corrected chi connectivity index (χ4v) is 2.29. The predicted octanol–water partition coefficient (Wildman–Crippen LogP) is 2.82. The monoisotopic (exact) mass is 330 g/mol. The Bertz CT molecular complexity index is 678. The van der Waals surface area contributed by atoms with Crippen molar-refractivity contribution in [1.82, 2.24) is 15.3 Å². The number of hydrogen-bond acceptors (Lipinski definition) is 4. The zero-order chi connectivity index (χ0) is 17.4. The topological polar surface area (TPSA) is 58.1 Å². The highest BCUT2D eigenvalue weighted by atomic mass is 19.1. The van der Waals surface area contributed by atoms with Crippen molar-refractivity contribution in [3.05, 3.63) is 53.7 Å². The lowest BCUT2D eigenvalue weighted by Gasteiger charge is -2.17. The van der Waals surface area contributed by atoms with E-state index < -0.39 is 0 Å². The maximum absolute atomic E-state index is 13.5. The van der Waals surface area contributed by atoms with Crippen LogP contribution in [0.15, 0.2) is 36.7 Å². The molecule has 2 rings (SSSR count). The summed E-state index contributed by atoms with van der Waals surface area (Å²) in [5.41, 5.74) is 0.900. The molecular formula is C18H23FN4O. The third-order valence-electron chi connectivity index (χ3n) is 3.76. The van der Waals surface area contributed by atoms with Crippen LogP contribution in [0.2, 0.25) is 0 Å². The van der Waals surface area contributed by atoms with Gasteiger partial charge >= 0.3 is 0 Å². The van der Waals surface area contributed by atoms with Gasteiger partial charge in [-0.25, -0.2) is 14.4 Å². The second-order valence-electron chi connectivity index (χ2n) is 5.63. The molecule has 2 aromatic rings. The average Bonchev–Trinajstić information content (AvgIpc) is 2.61. The van der Waals surface area contributed by atoms with E-state index >= 15 is 0 Å². The zero-order valence-electron chi connectivity index (χ0n) is 14.1. The fourth-order valence-electron chi connectivity index (χ4n) is 2.29. The number of nitrogens with zero attached hydrogens (tertiary/aromatic N) is 3. The maximum atomic E-state index is 13.5. The number of nitrogens with one attached hydrogen (secondary N) is 1. The fraction of sp³-hybridized carbons (Fsp3) is 0.389. The summed E-state index contributed by atoms with van der Waals surface area (Å²) in [4.78, 5) is 22.4. The maximum Gasteiger partial charge on any atom is 0.270 e. The number of benzene rings is 1. The third kappa shape index (κ3) is 5.01. The van der Waals surface area contributed by atoms with E-state index in [1.807, 2.05) is 11.9 Å².